The largest absolute Gasteiger partial charge is 0.486 e. The average molecular weight is 211 g/mol. The lowest BCUT2D eigenvalue weighted by atomic mass is 10.2. The number of aldehydes is 1. The Morgan fingerprint density at radius 3 is 2.86 bits per heavy atom. The molecule has 0 bridgehead atoms. The molecule has 3 heteroatoms. The number of ether oxygens (including phenoxy) is 1. The van der Waals surface area contributed by atoms with Crippen molar-refractivity contribution in [2.45, 2.75) is 13.0 Å². The van der Waals surface area contributed by atoms with Crippen LogP contribution in [0.5, 0.6) is 5.75 Å². The van der Waals surface area contributed by atoms with E-state index in [1.165, 1.54) is 0 Å². The standard InChI is InChI=1S/C11H11ClO2/c1-3-8(2)14-11-6-4-5-10(12)9(11)7-13/h3-8H,1H2,2H3. The van der Waals surface area contributed by atoms with Crippen molar-refractivity contribution in [2.75, 3.05) is 0 Å². The third-order valence-corrected chi connectivity index (χ3v) is 2.11. The second-order valence-corrected chi connectivity index (χ2v) is 3.24. The highest BCUT2D eigenvalue weighted by molar-refractivity contribution is 6.33. The molecule has 2 nitrogen and oxygen atoms in total. The zero-order valence-corrected chi connectivity index (χ0v) is 8.62. The van der Waals surface area contributed by atoms with Crippen LogP contribution in [0.2, 0.25) is 5.02 Å². The van der Waals surface area contributed by atoms with Crippen LogP contribution in [0, 0.1) is 0 Å². The van der Waals surface area contributed by atoms with Crippen LogP contribution >= 0.6 is 11.6 Å². The van der Waals surface area contributed by atoms with Gasteiger partial charge in [-0.2, -0.15) is 0 Å². The van der Waals surface area contributed by atoms with Crippen molar-refractivity contribution in [2.24, 2.45) is 0 Å². The second kappa shape index (κ2) is 4.82. The van der Waals surface area contributed by atoms with Crippen LogP contribution in [0.3, 0.4) is 0 Å². The molecule has 0 fully saturated rings. The van der Waals surface area contributed by atoms with Crippen molar-refractivity contribution in [3.8, 4) is 5.75 Å². The maximum atomic E-state index is 10.7. The van der Waals surface area contributed by atoms with E-state index in [1.54, 1.807) is 24.3 Å². The molecule has 0 aliphatic rings. The Labute approximate surface area is 88.1 Å². The maximum Gasteiger partial charge on any atom is 0.155 e. The molecule has 0 radical (unpaired) electrons. The maximum absolute atomic E-state index is 10.7. The number of halogens is 1. The summed E-state index contributed by atoms with van der Waals surface area (Å²) in [5.74, 6) is 0.486. The van der Waals surface area contributed by atoms with Gasteiger partial charge in [0.05, 0.1) is 10.6 Å². The highest BCUT2D eigenvalue weighted by Gasteiger charge is 2.08. The Morgan fingerprint density at radius 1 is 1.57 bits per heavy atom. The molecule has 74 valence electrons. The van der Waals surface area contributed by atoms with Gasteiger partial charge in [-0.1, -0.05) is 30.3 Å². The summed E-state index contributed by atoms with van der Waals surface area (Å²) in [5, 5.41) is 0.397. The van der Waals surface area contributed by atoms with Gasteiger partial charge in [-0.25, -0.2) is 0 Å². The molecule has 0 N–H and O–H groups in total. The predicted molar refractivity (Wildman–Crippen MR) is 57.1 cm³/mol. The Kier molecular flexibility index (Phi) is 3.72. The molecular formula is C11H11ClO2. The van der Waals surface area contributed by atoms with Crippen LogP contribution in [-0.2, 0) is 0 Å². The summed E-state index contributed by atoms with van der Waals surface area (Å²) in [4.78, 5) is 10.7. The Bertz CT molecular complexity index is 347. The van der Waals surface area contributed by atoms with Gasteiger partial charge in [0.25, 0.3) is 0 Å². The minimum atomic E-state index is -0.146. The van der Waals surface area contributed by atoms with E-state index in [2.05, 4.69) is 6.58 Å². The molecule has 0 aliphatic heterocycles. The minimum Gasteiger partial charge on any atom is -0.486 e. The SMILES string of the molecule is C=CC(C)Oc1cccc(Cl)c1C=O. The number of rotatable bonds is 4. The zero-order chi connectivity index (χ0) is 10.6. The van der Waals surface area contributed by atoms with E-state index in [9.17, 15) is 4.79 Å². The van der Waals surface area contributed by atoms with Crippen LogP contribution < -0.4 is 4.74 Å². The van der Waals surface area contributed by atoms with E-state index in [0.29, 0.717) is 22.6 Å². The summed E-state index contributed by atoms with van der Waals surface area (Å²) < 4.78 is 5.43. The minimum absolute atomic E-state index is 0.146. The summed E-state index contributed by atoms with van der Waals surface area (Å²) in [6.07, 6.45) is 2.19. The molecule has 1 unspecified atom stereocenters. The Hall–Kier alpha value is -1.28. The summed E-state index contributed by atoms with van der Waals surface area (Å²) in [5.41, 5.74) is 0.378. The van der Waals surface area contributed by atoms with Crippen LogP contribution in [-0.4, -0.2) is 12.4 Å². The third-order valence-electron chi connectivity index (χ3n) is 1.78. The second-order valence-electron chi connectivity index (χ2n) is 2.83. The first-order chi connectivity index (χ1) is 6.69. The van der Waals surface area contributed by atoms with Gasteiger partial charge in [-0.05, 0) is 19.1 Å². The normalized spacial score (nSPS) is 11.9. The highest BCUT2D eigenvalue weighted by atomic mass is 35.5. The van der Waals surface area contributed by atoms with Gasteiger partial charge in [0.15, 0.2) is 6.29 Å². The fraction of sp³-hybridized carbons (Fsp3) is 0.182. The number of hydrogen-bond acceptors (Lipinski definition) is 2. The van der Waals surface area contributed by atoms with Crippen molar-refractivity contribution in [1.29, 1.82) is 0 Å². The average Bonchev–Trinajstić information content (AvgIpc) is 2.18. The van der Waals surface area contributed by atoms with Gasteiger partial charge in [0, 0.05) is 0 Å². The van der Waals surface area contributed by atoms with Gasteiger partial charge in [0.2, 0.25) is 0 Å². The quantitative estimate of drug-likeness (QED) is 0.564. The van der Waals surface area contributed by atoms with Crippen molar-refractivity contribution >= 4 is 17.9 Å². The summed E-state index contributed by atoms with van der Waals surface area (Å²) in [7, 11) is 0. The topological polar surface area (TPSA) is 26.3 Å². The van der Waals surface area contributed by atoms with E-state index in [1.807, 2.05) is 6.92 Å². The van der Waals surface area contributed by atoms with Crippen molar-refractivity contribution in [3.05, 3.63) is 41.4 Å². The van der Waals surface area contributed by atoms with Gasteiger partial charge < -0.3 is 4.74 Å². The third kappa shape index (κ3) is 2.36. The van der Waals surface area contributed by atoms with Crippen molar-refractivity contribution in [1.82, 2.24) is 0 Å². The van der Waals surface area contributed by atoms with Gasteiger partial charge in [0.1, 0.15) is 11.9 Å². The Morgan fingerprint density at radius 2 is 2.29 bits per heavy atom. The first-order valence-corrected chi connectivity index (χ1v) is 4.59. The number of hydrogen-bond donors (Lipinski definition) is 0. The van der Waals surface area contributed by atoms with E-state index >= 15 is 0 Å². The number of carbonyl (C=O) groups is 1. The highest BCUT2D eigenvalue weighted by Crippen LogP contribution is 2.25. The molecule has 0 saturated heterocycles. The lowest BCUT2D eigenvalue weighted by molar-refractivity contribution is 0.111. The number of benzene rings is 1. The molecule has 0 aliphatic carbocycles. The fourth-order valence-corrected chi connectivity index (χ4v) is 1.19. The molecule has 0 spiro atoms. The summed E-state index contributed by atoms with van der Waals surface area (Å²) in [6.45, 7) is 5.42. The number of carbonyl (C=O) groups excluding carboxylic acids is 1. The fourth-order valence-electron chi connectivity index (χ4n) is 0.983. The van der Waals surface area contributed by atoms with E-state index in [-0.39, 0.29) is 6.10 Å². The molecule has 1 aromatic carbocycles. The van der Waals surface area contributed by atoms with Crippen molar-refractivity contribution < 1.29 is 9.53 Å². The smallest absolute Gasteiger partial charge is 0.155 e. The molecule has 0 aromatic heterocycles. The predicted octanol–water partition coefficient (Wildman–Crippen LogP) is 3.11. The van der Waals surface area contributed by atoms with E-state index in [4.69, 9.17) is 16.3 Å². The monoisotopic (exact) mass is 210 g/mol. The lowest BCUT2D eigenvalue weighted by Gasteiger charge is -2.12. The van der Waals surface area contributed by atoms with Gasteiger partial charge >= 0.3 is 0 Å². The molecule has 0 heterocycles. The zero-order valence-electron chi connectivity index (χ0n) is 7.87. The molecule has 1 rings (SSSR count). The van der Waals surface area contributed by atoms with Gasteiger partial charge in [-0.15, -0.1) is 0 Å². The first-order valence-electron chi connectivity index (χ1n) is 4.22. The van der Waals surface area contributed by atoms with Crippen LogP contribution in [0.25, 0.3) is 0 Å². The van der Waals surface area contributed by atoms with Crippen molar-refractivity contribution in [3.63, 3.8) is 0 Å². The molecular weight excluding hydrogens is 200 g/mol. The summed E-state index contributed by atoms with van der Waals surface area (Å²) >= 11 is 5.82. The molecule has 1 atom stereocenters. The lowest BCUT2D eigenvalue weighted by Crippen LogP contribution is -2.08. The molecule has 0 amide bonds. The van der Waals surface area contributed by atoms with Crippen LogP contribution in [0.4, 0.5) is 0 Å². The molecule has 0 saturated carbocycles. The Balaban J connectivity index is 3.01. The van der Waals surface area contributed by atoms with Crippen LogP contribution in [0.1, 0.15) is 17.3 Å². The molecule has 1 aromatic rings. The summed E-state index contributed by atoms with van der Waals surface area (Å²) in [6, 6.07) is 5.09. The van der Waals surface area contributed by atoms with E-state index < -0.39 is 0 Å². The van der Waals surface area contributed by atoms with Crippen LogP contribution in [0.15, 0.2) is 30.9 Å². The molecule has 14 heavy (non-hydrogen) atoms. The van der Waals surface area contributed by atoms with E-state index in [0.717, 1.165) is 0 Å². The first kappa shape index (κ1) is 10.8. The van der Waals surface area contributed by atoms with Gasteiger partial charge in [-0.3, -0.25) is 4.79 Å².